The zero-order valence-electron chi connectivity index (χ0n) is 22.2. The van der Waals surface area contributed by atoms with E-state index < -0.39 is 11.7 Å². The summed E-state index contributed by atoms with van der Waals surface area (Å²) in [5.41, 5.74) is 1.69. The second-order valence-corrected chi connectivity index (χ2v) is 11.9. The Morgan fingerprint density at radius 1 is 1.24 bits per heavy atom. The maximum absolute atomic E-state index is 14.5. The molecule has 1 N–H and O–H groups in total. The summed E-state index contributed by atoms with van der Waals surface area (Å²) in [5, 5.41) is 10.0. The molecule has 1 saturated carbocycles. The Labute approximate surface area is 227 Å². The number of carbonyl (C=O) groups excluding carboxylic acids is 1. The van der Waals surface area contributed by atoms with Gasteiger partial charge in [-0.3, -0.25) is 14.4 Å². The molecule has 202 valence electrons. The monoisotopic (exact) mass is 539 g/mol. The van der Waals surface area contributed by atoms with Gasteiger partial charge in [0.1, 0.15) is 12.0 Å². The number of rotatable bonds is 6. The van der Waals surface area contributed by atoms with Crippen molar-refractivity contribution in [3.63, 3.8) is 0 Å². The molecule has 2 aliphatic heterocycles. The van der Waals surface area contributed by atoms with Gasteiger partial charge in [-0.15, -0.1) is 0 Å². The summed E-state index contributed by atoms with van der Waals surface area (Å²) in [6, 6.07) is 6.04. The number of hydrogen-bond donors (Lipinski definition) is 1. The summed E-state index contributed by atoms with van der Waals surface area (Å²) >= 11 is 6.73. The highest BCUT2D eigenvalue weighted by atomic mass is 35.5. The summed E-state index contributed by atoms with van der Waals surface area (Å²) in [7, 11) is 1.90. The SMILES string of the molecule is CC[C@H]1[C@@H](C(=O)Nc2cc3cc(C4CCN([C@@]5(C)COC[C@H]5F)CC4)c(Cl)cc3cn2)[C@@H]1c1cnn(C)c1. The first-order chi connectivity index (χ1) is 18.3. The second kappa shape index (κ2) is 9.88. The molecule has 3 fully saturated rings. The van der Waals surface area contributed by atoms with Gasteiger partial charge in [0.2, 0.25) is 5.91 Å². The summed E-state index contributed by atoms with van der Waals surface area (Å²) in [4.78, 5) is 19.9. The molecular formula is C29H35ClFN5O2. The van der Waals surface area contributed by atoms with Crippen molar-refractivity contribution >= 4 is 34.1 Å². The molecule has 2 aromatic heterocycles. The molecule has 0 spiro atoms. The number of aromatic nitrogens is 3. The van der Waals surface area contributed by atoms with E-state index in [1.807, 2.05) is 38.5 Å². The minimum atomic E-state index is -0.952. The maximum Gasteiger partial charge on any atom is 0.229 e. The van der Waals surface area contributed by atoms with E-state index in [0.29, 0.717) is 24.3 Å². The van der Waals surface area contributed by atoms with Gasteiger partial charge in [-0.1, -0.05) is 24.9 Å². The summed E-state index contributed by atoms with van der Waals surface area (Å²) < 4.78 is 21.7. The van der Waals surface area contributed by atoms with Crippen molar-refractivity contribution < 1.29 is 13.9 Å². The highest BCUT2D eigenvalue weighted by Crippen LogP contribution is 2.56. The van der Waals surface area contributed by atoms with Crippen LogP contribution in [0.2, 0.25) is 5.02 Å². The van der Waals surface area contributed by atoms with Crippen LogP contribution in [0.4, 0.5) is 10.2 Å². The average Bonchev–Trinajstić information content (AvgIpc) is 3.33. The number of ether oxygens (including phenoxy) is 1. The first kappa shape index (κ1) is 25.7. The van der Waals surface area contributed by atoms with Crippen LogP contribution in [0.15, 0.2) is 36.8 Å². The van der Waals surface area contributed by atoms with Crippen molar-refractivity contribution in [2.45, 2.75) is 56.7 Å². The fourth-order valence-corrected chi connectivity index (χ4v) is 7.04. The van der Waals surface area contributed by atoms with Crippen molar-refractivity contribution in [1.29, 1.82) is 0 Å². The van der Waals surface area contributed by atoms with Crippen LogP contribution in [0.5, 0.6) is 0 Å². The van der Waals surface area contributed by atoms with Crippen LogP contribution in [0.25, 0.3) is 10.8 Å². The quantitative estimate of drug-likeness (QED) is 0.460. The molecule has 0 bridgehead atoms. The number of anilines is 1. The Balaban J connectivity index is 1.16. The van der Waals surface area contributed by atoms with E-state index in [0.717, 1.165) is 59.3 Å². The Morgan fingerprint density at radius 2 is 2.03 bits per heavy atom. The molecule has 5 atom stereocenters. The molecule has 3 aliphatic rings. The topological polar surface area (TPSA) is 72.3 Å². The van der Waals surface area contributed by atoms with Crippen molar-refractivity contribution in [2.24, 2.45) is 18.9 Å². The van der Waals surface area contributed by atoms with Gasteiger partial charge >= 0.3 is 0 Å². The predicted molar refractivity (Wildman–Crippen MR) is 146 cm³/mol. The van der Waals surface area contributed by atoms with Crippen molar-refractivity contribution in [1.82, 2.24) is 19.7 Å². The first-order valence-electron chi connectivity index (χ1n) is 13.6. The number of amides is 1. The average molecular weight is 540 g/mol. The van der Waals surface area contributed by atoms with E-state index in [2.05, 4.69) is 33.3 Å². The molecule has 6 rings (SSSR count). The molecular weight excluding hydrogens is 505 g/mol. The number of piperidine rings is 1. The number of hydrogen-bond acceptors (Lipinski definition) is 5. The molecule has 9 heteroatoms. The van der Waals surface area contributed by atoms with Crippen LogP contribution in [-0.2, 0) is 16.6 Å². The molecule has 0 radical (unpaired) electrons. The van der Waals surface area contributed by atoms with E-state index in [1.165, 1.54) is 0 Å². The number of aryl methyl sites for hydroxylation is 1. The second-order valence-electron chi connectivity index (χ2n) is 11.5. The van der Waals surface area contributed by atoms with E-state index in [-0.39, 0.29) is 24.3 Å². The van der Waals surface area contributed by atoms with Crippen LogP contribution in [-0.4, -0.2) is 63.6 Å². The number of likely N-dealkylation sites (tertiary alicyclic amines) is 1. The van der Waals surface area contributed by atoms with E-state index in [4.69, 9.17) is 16.3 Å². The maximum atomic E-state index is 14.5. The van der Waals surface area contributed by atoms with Crippen LogP contribution < -0.4 is 5.32 Å². The lowest BCUT2D eigenvalue weighted by Gasteiger charge is -2.43. The molecule has 1 aliphatic carbocycles. The van der Waals surface area contributed by atoms with Gasteiger partial charge in [0.25, 0.3) is 0 Å². The number of nitrogens with zero attached hydrogens (tertiary/aromatic N) is 4. The fraction of sp³-hybridized carbons (Fsp3) is 0.552. The number of nitrogens with one attached hydrogen (secondary N) is 1. The van der Waals surface area contributed by atoms with E-state index in [1.54, 1.807) is 10.9 Å². The van der Waals surface area contributed by atoms with Gasteiger partial charge in [0, 0.05) is 41.7 Å². The largest absolute Gasteiger partial charge is 0.376 e. The van der Waals surface area contributed by atoms with Gasteiger partial charge in [0.05, 0.1) is 24.9 Å². The van der Waals surface area contributed by atoms with Crippen molar-refractivity contribution in [3.05, 3.63) is 52.9 Å². The Kier molecular flexibility index (Phi) is 6.69. The van der Waals surface area contributed by atoms with Crippen molar-refractivity contribution in [2.75, 3.05) is 31.6 Å². The van der Waals surface area contributed by atoms with Gasteiger partial charge in [-0.05, 0) is 79.4 Å². The lowest BCUT2D eigenvalue weighted by Crippen LogP contribution is -2.55. The number of fused-ring (bicyclic) bond motifs is 1. The zero-order chi connectivity index (χ0) is 26.6. The molecule has 3 aromatic rings. The third-order valence-electron chi connectivity index (χ3n) is 9.13. The molecule has 1 aromatic carbocycles. The molecule has 0 unspecified atom stereocenters. The van der Waals surface area contributed by atoms with Crippen LogP contribution >= 0.6 is 11.6 Å². The molecule has 1 amide bonds. The smallest absolute Gasteiger partial charge is 0.229 e. The molecule has 7 nitrogen and oxygen atoms in total. The summed E-state index contributed by atoms with van der Waals surface area (Å²) in [5.74, 6) is 1.33. The van der Waals surface area contributed by atoms with Gasteiger partial charge in [-0.2, -0.15) is 5.10 Å². The summed E-state index contributed by atoms with van der Waals surface area (Å²) in [6.07, 6.45) is 7.46. The standard InChI is InChI=1S/C29H35ClFN5O2/c1-4-21-26(20-13-33-35(3)14-20)27(21)28(37)34-25-11-18-9-22(23(30)10-19(18)12-32-25)17-5-7-36(8-6-17)29(2)16-38-15-24(29)31/h9-14,17,21,24,26-27H,4-8,15-16H2,1-3H3,(H,32,34,37)/t21-,24-,26-,27-,29+/m1/s1. The lowest BCUT2D eigenvalue weighted by atomic mass is 9.85. The van der Waals surface area contributed by atoms with Crippen molar-refractivity contribution in [3.8, 4) is 0 Å². The van der Waals surface area contributed by atoms with Crippen LogP contribution in [0, 0.1) is 11.8 Å². The highest BCUT2D eigenvalue weighted by Gasteiger charge is 2.54. The van der Waals surface area contributed by atoms with E-state index in [9.17, 15) is 9.18 Å². The third kappa shape index (κ3) is 4.50. The Morgan fingerprint density at radius 3 is 2.68 bits per heavy atom. The minimum absolute atomic E-state index is 0.00895. The summed E-state index contributed by atoms with van der Waals surface area (Å²) in [6.45, 7) is 6.36. The molecule has 38 heavy (non-hydrogen) atoms. The normalized spacial score (nSPS) is 30.1. The number of pyridine rings is 1. The number of benzene rings is 1. The highest BCUT2D eigenvalue weighted by molar-refractivity contribution is 6.32. The number of carbonyl (C=O) groups is 1. The first-order valence-corrected chi connectivity index (χ1v) is 14.0. The van der Waals surface area contributed by atoms with Gasteiger partial charge in [0.15, 0.2) is 0 Å². The molecule has 4 heterocycles. The van der Waals surface area contributed by atoms with E-state index >= 15 is 0 Å². The Bertz CT molecular complexity index is 1360. The lowest BCUT2D eigenvalue weighted by molar-refractivity contribution is -0.117. The fourth-order valence-electron chi connectivity index (χ4n) is 6.71. The minimum Gasteiger partial charge on any atom is -0.376 e. The van der Waals surface area contributed by atoms with Gasteiger partial charge in [-0.25, -0.2) is 9.37 Å². The Hall–Kier alpha value is -2.55. The van der Waals surface area contributed by atoms with Crippen LogP contribution in [0.1, 0.15) is 56.1 Å². The predicted octanol–water partition coefficient (Wildman–Crippen LogP) is 5.31. The molecule has 2 saturated heterocycles. The third-order valence-corrected chi connectivity index (χ3v) is 9.46. The zero-order valence-corrected chi connectivity index (χ0v) is 22.9. The number of halogens is 2. The van der Waals surface area contributed by atoms with Gasteiger partial charge < -0.3 is 10.1 Å². The number of alkyl halides is 1. The van der Waals surface area contributed by atoms with Crippen LogP contribution in [0.3, 0.4) is 0 Å².